The van der Waals surface area contributed by atoms with E-state index in [4.69, 9.17) is 4.74 Å². The summed E-state index contributed by atoms with van der Waals surface area (Å²) in [7, 11) is 0. The van der Waals surface area contributed by atoms with Crippen molar-refractivity contribution in [2.24, 2.45) is 10.8 Å². The second-order valence-corrected chi connectivity index (χ2v) is 7.55. The van der Waals surface area contributed by atoms with Crippen molar-refractivity contribution in [1.29, 1.82) is 0 Å². The van der Waals surface area contributed by atoms with E-state index in [2.05, 4.69) is 13.2 Å². The van der Waals surface area contributed by atoms with Crippen molar-refractivity contribution in [3.8, 4) is 0 Å². The van der Waals surface area contributed by atoms with Gasteiger partial charge >= 0.3 is 5.97 Å². The molecule has 0 amide bonds. The van der Waals surface area contributed by atoms with E-state index in [-0.39, 0.29) is 60.8 Å². The Morgan fingerprint density at radius 3 is 2.00 bits per heavy atom. The van der Waals surface area contributed by atoms with Crippen molar-refractivity contribution in [1.82, 2.24) is 0 Å². The van der Waals surface area contributed by atoms with E-state index in [1.165, 1.54) is 13.0 Å². The quantitative estimate of drug-likeness (QED) is 0.416. The van der Waals surface area contributed by atoms with Crippen LogP contribution in [0.25, 0.3) is 0 Å². The fourth-order valence-electron chi connectivity index (χ4n) is 3.07. The van der Waals surface area contributed by atoms with E-state index in [9.17, 15) is 24.0 Å². The lowest BCUT2D eigenvalue weighted by molar-refractivity contribution is -0.161. The third-order valence-corrected chi connectivity index (χ3v) is 5.24. The Bertz CT molecular complexity index is 662. The Hall–Kier alpha value is -2.37. The van der Waals surface area contributed by atoms with Gasteiger partial charge < -0.3 is 4.74 Å². The van der Waals surface area contributed by atoms with Crippen molar-refractivity contribution >= 4 is 29.1 Å². The largest absolute Gasteiger partial charge is 0.461 e. The van der Waals surface area contributed by atoms with Crippen LogP contribution in [-0.2, 0) is 28.7 Å². The van der Waals surface area contributed by atoms with Crippen molar-refractivity contribution in [2.75, 3.05) is 6.61 Å². The Morgan fingerprint density at radius 2 is 1.52 bits per heavy atom. The maximum absolute atomic E-state index is 11.6. The minimum absolute atomic E-state index is 0.0821. The molecule has 2 saturated carbocycles. The van der Waals surface area contributed by atoms with Gasteiger partial charge in [0.05, 0.1) is 12.8 Å². The molecule has 2 fully saturated rings. The molecular formula is C21H28O6. The van der Waals surface area contributed by atoms with E-state index in [1.807, 2.05) is 6.92 Å². The zero-order chi connectivity index (χ0) is 20.7. The number of carbonyl (C=O) groups is 5. The lowest BCUT2D eigenvalue weighted by atomic mass is 9.72. The first kappa shape index (κ1) is 22.7. The molecular weight excluding hydrogens is 348 g/mol. The average Bonchev–Trinajstić information content (AvgIpc) is 2.61. The van der Waals surface area contributed by atoms with Gasteiger partial charge in [0.2, 0.25) is 0 Å². The van der Waals surface area contributed by atoms with E-state index in [0.717, 1.165) is 0 Å². The van der Waals surface area contributed by atoms with Gasteiger partial charge in [-0.2, -0.15) is 0 Å². The molecule has 0 heterocycles. The maximum Gasteiger partial charge on any atom is 0.319 e. The molecule has 148 valence electrons. The number of rotatable bonds is 5. The van der Waals surface area contributed by atoms with E-state index in [1.54, 1.807) is 6.08 Å². The maximum atomic E-state index is 11.6. The summed E-state index contributed by atoms with van der Waals surface area (Å²) >= 11 is 0. The van der Waals surface area contributed by atoms with Gasteiger partial charge in [-0.15, -0.1) is 6.58 Å². The van der Waals surface area contributed by atoms with E-state index < -0.39 is 11.4 Å². The summed E-state index contributed by atoms with van der Waals surface area (Å²) in [5.41, 5.74) is -1.45. The summed E-state index contributed by atoms with van der Waals surface area (Å²) in [5, 5.41) is 0. The second kappa shape index (κ2) is 9.53. The molecule has 2 aliphatic carbocycles. The molecule has 6 nitrogen and oxygen atoms in total. The predicted octanol–water partition coefficient (Wildman–Crippen LogP) is 2.93. The molecule has 1 unspecified atom stereocenters. The zero-order valence-corrected chi connectivity index (χ0v) is 16.2. The molecule has 0 saturated heterocycles. The van der Waals surface area contributed by atoms with Gasteiger partial charge in [-0.25, -0.2) is 0 Å². The fourth-order valence-corrected chi connectivity index (χ4v) is 3.07. The third kappa shape index (κ3) is 5.81. The normalized spacial score (nSPS) is 28.1. The van der Waals surface area contributed by atoms with Crippen molar-refractivity contribution in [3.05, 3.63) is 25.3 Å². The monoisotopic (exact) mass is 376 g/mol. The van der Waals surface area contributed by atoms with Crippen LogP contribution in [0.15, 0.2) is 25.3 Å². The molecule has 0 bridgehead atoms. The minimum atomic E-state index is -1.14. The van der Waals surface area contributed by atoms with Crippen molar-refractivity contribution < 1.29 is 28.7 Å². The van der Waals surface area contributed by atoms with Crippen LogP contribution >= 0.6 is 0 Å². The number of hydrogen-bond acceptors (Lipinski definition) is 6. The fraction of sp³-hybridized carbons (Fsp3) is 0.571. The van der Waals surface area contributed by atoms with Crippen LogP contribution in [0.4, 0.5) is 0 Å². The van der Waals surface area contributed by atoms with Crippen LogP contribution in [0.2, 0.25) is 0 Å². The van der Waals surface area contributed by atoms with Crippen LogP contribution in [-0.4, -0.2) is 35.7 Å². The van der Waals surface area contributed by atoms with Gasteiger partial charge in [-0.3, -0.25) is 24.0 Å². The Morgan fingerprint density at radius 1 is 0.963 bits per heavy atom. The highest BCUT2D eigenvalue weighted by molar-refractivity contribution is 6.13. The van der Waals surface area contributed by atoms with Gasteiger partial charge in [-0.05, 0) is 26.2 Å². The van der Waals surface area contributed by atoms with E-state index >= 15 is 0 Å². The lowest BCUT2D eigenvalue weighted by Gasteiger charge is -2.29. The van der Waals surface area contributed by atoms with Crippen molar-refractivity contribution in [3.63, 3.8) is 0 Å². The first-order chi connectivity index (χ1) is 12.6. The first-order valence-electron chi connectivity index (χ1n) is 9.08. The molecule has 0 aliphatic heterocycles. The van der Waals surface area contributed by atoms with Crippen LogP contribution in [0.3, 0.4) is 0 Å². The molecule has 6 heteroatoms. The van der Waals surface area contributed by atoms with Crippen molar-refractivity contribution in [2.45, 2.75) is 58.8 Å². The molecule has 27 heavy (non-hydrogen) atoms. The Labute approximate surface area is 160 Å². The second-order valence-electron chi connectivity index (χ2n) is 7.55. The lowest BCUT2D eigenvalue weighted by Crippen LogP contribution is -2.42. The van der Waals surface area contributed by atoms with E-state index in [0.29, 0.717) is 19.3 Å². The predicted molar refractivity (Wildman–Crippen MR) is 99.9 cm³/mol. The highest BCUT2D eigenvalue weighted by Crippen LogP contribution is 2.34. The summed E-state index contributed by atoms with van der Waals surface area (Å²) in [6, 6.07) is 0. The van der Waals surface area contributed by atoms with Gasteiger partial charge in [-0.1, -0.05) is 25.7 Å². The average molecular weight is 376 g/mol. The number of ether oxygens (including phenoxy) is 1. The molecule has 0 aromatic rings. The zero-order valence-electron chi connectivity index (χ0n) is 16.2. The number of allylic oxidation sites excluding steroid dienone is 1. The first-order valence-corrected chi connectivity index (χ1v) is 9.08. The third-order valence-electron chi connectivity index (χ3n) is 5.24. The molecule has 0 aromatic carbocycles. The number of esters is 1. The highest BCUT2D eigenvalue weighted by atomic mass is 16.5. The molecule has 2 atom stereocenters. The Balaban J connectivity index is 0.000000277. The molecule has 0 radical (unpaired) electrons. The van der Waals surface area contributed by atoms with Gasteiger partial charge in [0.1, 0.15) is 29.4 Å². The summed E-state index contributed by atoms with van der Waals surface area (Å²) in [5.74, 6) is -0.832. The number of carbonyl (C=O) groups excluding carboxylic acids is 5. The molecule has 0 aromatic heterocycles. The summed E-state index contributed by atoms with van der Waals surface area (Å²) in [4.78, 5) is 56.6. The minimum Gasteiger partial charge on any atom is -0.461 e. The standard InChI is InChI=1S/C11H14O4.C10H14O2/c1-3-6-15-10(14)11(2)5-4-8(12)7-9(11)13;1-3-5-10(2)6-4-8(11)7-9(10)12/h3H,1,4-7H2,2H3;3H,1,4-7H2,2H3/t;10-/m.1/s1. The van der Waals surface area contributed by atoms with Gasteiger partial charge in [0, 0.05) is 18.3 Å². The van der Waals surface area contributed by atoms with Crippen LogP contribution in [0.1, 0.15) is 58.8 Å². The highest BCUT2D eigenvalue weighted by Gasteiger charge is 2.45. The molecule has 0 spiro atoms. The number of hydrogen-bond donors (Lipinski definition) is 0. The molecule has 0 N–H and O–H groups in total. The van der Waals surface area contributed by atoms with Gasteiger partial charge in [0.15, 0.2) is 5.78 Å². The van der Waals surface area contributed by atoms with Crippen LogP contribution in [0, 0.1) is 10.8 Å². The van der Waals surface area contributed by atoms with Crippen LogP contribution < -0.4 is 0 Å². The number of Topliss-reactive ketones (excluding diaryl/α,β-unsaturated/α-hetero) is 4. The topological polar surface area (TPSA) is 94.6 Å². The summed E-state index contributed by atoms with van der Waals surface area (Å²) in [6.07, 6.45) is 5.63. The molecule has 2 aliphatic rings. The van der Waals surface area contributed by atoms with Crippen LogP contribution in [0.5, 0.6) is 0 Å². The SMILES string of the molecule is C=CCOC(=O)C1(C)CCC(=O)CC1=O.C=CC[C@]1(C)CCC(=O)CC1=O. The summed E-state index contributed by atoms with van der Waals surface area (Å²) < 4.78 is 4.85. The Kier molecular flexibility index (Phi) is 8.00. The molecule has 2 rings (SSSR count). The number of ketones is 4. The smallest absolute Gasteiger partial charge is 0.319 e. The summed E-state index contributed by atoms with van der Waals surface area (Å²) in [6.45, 7) is 10.6. The van der Waals surface area contributed by atoms with Gasteiger partial charge in [0.25, 0.3) is 0 Å².